The van der Waals surface area contributed by atoms with E-state index in [0.717, 1.165) is 63.7 Å². The molecule has 0 N–H and O–H groups in total. The molecule has 0 amide bonds. The third-order valence-electron chi connectivity index (χ3n) is 11.4. The highest BCUT2D eigenvalue weighted by Gasteiger charge is 2.19. The molecule has 326 valence electrons. The van der Waals surface area contributed by atoms with Crippen molar-refractivity contribution in [3.63, 3.8) is 0 Å². The van der Waals surface area contributed by atoms with E-state index in [9.17, 15) is 14.4 Å². The van der Waals surface area contributed by atoms with Crippen molar-refractivity contribution in [3.8, 4) is 0 Å². The maximum absolute atomic E-state index is 12.7. The third kappa shape index (κ3) is 41.9. The third-order valence-corrected chi connectivity index (χ3v) is 11.4. The number of hydrogen-bond donors (Lipinski definition) is 0. The number of esters is 3. The van der Waals surface area contributed by atoms with Crippen LogP contribution in [0.4, 0.5) is 0 Å². The van der Waals surface area contributed by atoms with Gasteiger partial charge in [-0.25, -0.2) is 0 Å². The van der Waals surface area contributed by atoms with Crippen LogP contribution >= 0.6 is 0 Å². The summed E-state index contributed by atoms with van der Waals surface area (Å²) in [5, 5.41) is 0. The summed E-state index contributed by atoms with van der Waals surface area (Å²) < 4.78 is 16.7. The van der Waals surface area contributed by atoms with Crippen LogP contribution < -0.4 is 0 Å². The zero-order valence-electron chi connectivity index (χ0n) is 37.4. The van der Waals surface area contributed by atoms with Gasteiger partial charge in [0.1, 0.15) is 13.2 Å². The van der Waals surface area contributed by atoms with E-state index < -0.39 is 6.10 Å². The Morgan fingerprint density at radius 2 is 0.636 bits per heavy atom. The molecule has 6 heteroatoms. The van der Waals surface area contributed by atoms with E-state index in [1.54, 1.807) is 0 Å². The zero-order valence-corrected chi connectivity index (χ0v) is 37.4. The Labute approximate surface area is 342 Å². The summed E-state index contributed by atoms with van der Waals surface area (Å²) in [5.41, 5.74) is 0. The van der Waals surface area contributed by atoms with Crippen LogP contribution in [0.25, 0.3) is 0 Å². The summed E-state index contributed by atoms with van der Waals surface area (Å²) in [6, 6.07) is 0. The van der Waals surface area contributed by atoms with E-state index in [1.165, 1.54) is 167 Å². The highest BCUT2D eigenvalue weighted by Crippen LogP contribution is 2.17. The fourth-order valence-corrected chi connectivity index (χ4v) is 7.30. The first kappa shape index (κ1) is 53.4. The van der Waals surface area contributed by atoms with E-state index in [2.05, 4.69) is 27.7 Å². The van der Waals surface area contributed by atoms with Gasteiger partial charge in [0.25, 0.3) is 0 Å². The molecule has 0 spiro atoms. The van der Waals surface area contributed by atoms with Crippen molar-refractivity contribution in [2.24, 2.45) is 5.92 Å². The molecule has 0 aromatic heterocycles. The Bertz CT molecular complexity index is 828. The summed E-state index contributed by atoms with van der Waals surface area (Å²) in [6.07, 6.45) is 43.8. The molecule has 0 aliphatic heterocycles. The quantitative estimate of drug-likeness (QED) is 0.0348. The highest BCUT2D eigenvalue weighted by atomic mass is 16.6. The van der Waals surface area contributed by atoms with Crippen LogP contribution in [-0.4, -0.2) is 37.2 Å². The second-order valence-corrected chi connectivity index (χ2v) is 17.0. The SMILES string of the molecule is CCCCCCCCCCCCCCCCCCC(=O)OC[C@@H](COC(=O)CCCCCCCCC)OC(=O)CCCCCCCCCCCCC(C)CC. The van der Waals surface area contributed by atoms with Gasteiger partial charge in [0.2, 0.25) is 0 Å². The van der Waals surface area contributed by atoms with Crippen LogP contribution in [-0.2, 0) is 28.6 Å². The molecule has 2 atom stereocenters. The lowest BCUT2D eigenvalue weighted by Gasteiger charge is -2.18. The van der Waals surface area contributed by atoms with Crippen molar-refractivity contribution in [1.82, 2.24) is 0 Å². The van der Waals surface area contributed by atoms with E-state index in [1.807, 2.05) is 0 Å². The van der Waals surface area contributed by atoms with Crippen molar-refractivity contribution in [3.05, 3.63) is 0 Å². The molecule has 0 heterocycles. The molecule has 0 radical (unpaired) electrons. The normalized spacial score (nSPS) is 12.4. The van der Waals surface area contributed by atoms with Gasteiger partial charge in [-0.15, -0.1) is 0 Å². The predicted molar refractivity (Wildman–Crippen MR) is 233 cm³/mol. The Hall–Kier alpha value is -1.59. The summed E-state index contributed by atoms with van der Waals surface area (Å²) in [7, 11) is 0. The van der Waals surface area contributed by atoms with Crippen molar-refractivity contribution < 1.29 is 28.6 Å². The van der Waals surface area contributed by atoms with E-state index in [4.69, 9.17) is 14.2 Å². The van der Waals surface area contributed by atoms with Crippen molar-refractivity contribution in [2.75, 3.05) is 13.2 Å². The van der Waals surface area contributed by atoms with Gasteiger partial charge in [0, 0.05) is 19.3 Å². The molecule has 0 aliphatic rings. The largest absolute Gasteiger partial charge is 0.462 e. The highest BCUT2D eigenvalue weighted by molar-refractivity contribution is 5.71. The molecule has 0 aliphatic carbocycles. The maximum atomic E-state index is 12.7. The van der Waals surface area contributed by atoms with E-state index >= 15 is 0 Å². The van der Waals surface area contributed by atoms with Crippen molar-refractivity contribution >= 4 is 17.9 Å². The summed E-state index contributed by atoms with van der Waals surface area (Å²) >= 11 is 0. The molecular formula is C49H94O6. The predicted octanol–water partition coefficient (Wildman–Crippen LogP) is 15.5. The molecule has 6 nitrogen and oxygen atoms in total. The molecule has 0 rings (SSSR count). The second-order valence-electron chi connectivity index (χ2n) is 17.0. The number of unbranched alkanes of at least 4 members (excludes halogenated alkanes) is 30. The average molecular weight is 779 g/mol. The van der Waals surface area contributed by atoms with Crippen LogP contribution in [0.2, 0.25) is 0 Å². The van der Waals surface area contributed by atoms with Gasteiger partial charge in [-0.1, -0.05) is 233 Å². The van der Waals surface area contributed by atoms with Gasteiger partial charge in [-0.3, -0.25) is 14.4 Å². The lowest BCUT2D eigenvalue weighted by molar-refractivity contribution is -0.167. The first-order valence-corrected chi connectivity index (χ1v) is 24.4. The van der Waals surface area contributed by atoms with Crippen LogP contribution in [0.3, 0.4) is 0 Å². The topological polar surface area (TPSA) is 78.9 Å². The monoisotopic (exact) mass is 779 g/mol. The van der Waals surface area contributed by atoms with Gasteiger partial charge < -0.3 is 14.2 Å². The summed E-state index contributed by atoms with van der Waals surface area (Å²) in [6.45, 7) is 9.00. The molecule has 0 aromatic rings. The number of rotatable bonds is 44. The first-order valence-electron chi connectivity index (χ1n) is 24.4. The Morgan fingerprint density at radius 1 is 0.364 bits per heavy atom. The standard InChI is InChI=1S/C49H94O6/c1-5-8-10-12-14-15-16-17-18-19-20-21-25-29-33-37-41-48(51)54-44-46(43-53-47(50)40-36-32-27-13-11-9-6-2)55-49(52)42-38-34-30-26-23-22-24-28-31-35-39-45(4)7-3/h45-46H,5-44H2,1-4H3/t45?,46-/m1/s1. The summed E-state index contributed by atoms with van der Waals surface area (Å²) in [5.74, 6) is 0.0116. The van der Waals surface area contributed by atoms with Crippen molar-refractivity contribution in [2.45, 2.75) is 278 Å². The maximum Gasteiger partial charge on any atom is 0.306 e. The Kier molecular flexibility index (Phi) is 42.3. The smallest absolute Gasteiger partial charge is 0.306 e. The van der Waals surface area contributed by atoms with Gasteiger partial charge in [-0.2, -0.15) is 0 Å². The van der Waals surface area contributed by atoms with Crippen molar-refractivity contribution in [1.29, 1.82) is 0 Å². The molecule has 0 saturated carbocycles. The summed E-state index contributed by atoms with van der Waals surface area (Å²) in [4.78, 5) is 37.7. The van der Waals surface area contributed by atoms with Gasteiger partial charge >= 0.3 is 17.9 Å². The molecular weight excluding hydrogens is 685 g/mol. The van der Waals surface area contributed by atoms with E-state index in [0.29, 0.717) is 19.3 Å². The lowest BCUT2D eigenvalue weighted by Crippen LogP contribution is -2.30. The Morgan fingerprint density at radius 3 is 0.945 bits per heavy atom. The number of carbonyl (C=O) groups excluding carboxylic acids is 3. The average Bonchev–Trinajstić information content (AvgIpc) is 3.18. The number of ether oxygens (including phenoxy) is 3. The van der Waals surface area contributed by atoms with Crippen LogP contribution in [0.1, 0.15) is 272 Å². The minimum atomic E-state index is -0.759. The van der Waals surface area contributed by atoms with Gasteiger partial charge in [0.05, 0.1) is 0 Å². The van der Waals surface area contributed by atoms with E-state index in [-0.39, 0.29) is 31.1 Å². The fraction of sp³-hybridized carbons (Fsp3) is 0.939. The second kappa shape index (κ2) is 43.5. The minimum Gasteiger partial charge on any atom is -0.462 e. The number of carbonyl (C=O) groups is 3. The lowest BCUT2D eigenvalue weighted by atomic mass is 9.99. The zero-order chi connectivity index (χ0) is 40.3. The molecule has 0 fully saturated rings. The molecule has 1 unspecified atom stereocenters. The molecule has 0 aromatic carbocycles. The minimum absolute atomic E-state index is 0.0637. The Balaban J connectivity index is 4.23. The molecule has 0 bridgehead atoms. The fourth-order valence-electron chi connectivity index (χ4n) is 7.30. The molecule has 55 heavy (non-hydrogen) atoms. The first-order chi connectivity index (χ1) is 26.9. The van der Waals surface area contributed by atoms with Crippen LogP contribution in [0.15, 0.2) is 0 Å². The van der Waals surface area contributed by atoms with Gasteiger partial charge in [-0.05, 0) is 25.2 Å². The molecule has 0 saturated heterocycles. The van der Waals surface area contributed by atoms with Crippen LogP contribution in [0.5, 0.6) is 0 Å². The van der Waals surface area contributed by atoms with Crippen LogP contribution in [0, 0.1) is 5.92 Å². The number of hydrogen-bond acceptors (Lipinski definition) is 6. The van der Waals surface area contributed by atoms with Gasteiger partial charge in [0.15, 0.2) is 6.10 Å².